The number of amides is 1. The van der Waals surface area contributed by atoms with Gasteiger partial charge in [0.1, 0.15) is 5.75 Å². The third-order valence-corrected chi connectivity index (χ3v) is 2.94. The predicted octanol–water partition coefficient (Wildman–Crippen LogP) is 1.89. The van der Waals surface area contributed by atoms with Crippen LogP contribution in [0.1, 0.15) is 20.3 Å². The zero-order valence-electron chi connectivity index (χ0n) is 10.3. The third kappa shape index (κ3) is 2.30. The van der Waals surface area contributed by atoms with E-state index in [0.717, 1.165) is 0 Å². The SMILES string of the molecule is CC(C)(CC(=O)O)C1Oc2ccccc2NC1=O. The molecule has 1 aromatic rings. The first-order valence-corrected chi connectivity index (χ1v) is 5.68. The summed E-state index contributed by atoms with van der Waals surface area (Å²) in [7, 11) is 0. The first-order valence-electron chi connectivity index (χ1n) is 5.68. The van der Waals surface area contributed by atoms with Gasteiger partial charge in [0, 0.05) is 5.41 Å². The quantitative estimate of drug-likeness (QED) is 0.857. The molecular weight excluding hydrogens is 234 g/mol. The van der Waals surface area contributed by atoms with Crippen LogP contribution in [0.5, 0.6) is 5.75 Å². The molecule has 1 heterocycles. The summed E-state index contributed by atoms with van der Waals surface area (Å²) >= 11 is 0. The average molecular weight is 249 g/mol. The van der Waals surface area contributed by atoms with Crippen LogP contribution < -0.4 is 10.1 Å². The maximum absolute atomic E-state index is 12.0. The number of fused-ring (bicyclic) bond motifs is 1. The number of hydrogen-bond donors (Lipinski definition) is 2. The molecular formula is C13H15NO4. The van der Waals surface area contributed by atoms with Gasteiger partial charge in [-0.1, -0.05) is 26.0 Å². The number of carboxylic acid groups (broad SMARTS) is 1. The Labute approximate surface area is 105 Å². The zero-order valence-corrected chi connectivity index (χ0v) is 10.3. The second kappa shape index (κ2) is 4.33. The molecule has 5 nitrogen and oxygen atoms in total. The Kier molecular flexibility index (Phi) is 2.98. The van der Waals surface area contributed by atoms with Crippen LogP contribution >= 0.6 is 0 Å². The first kappa shape index (κ1) is 12.4. The highest BCUT2D eigenvalue weighted by atomic mass is 16.5. The number of ether oxygens (including phenoxy) is 1. The van der Waals surface area contributed by atoms with Crippen molar-refractivity contribution in [2.75, 3.05) is 5.32 Å². The lowest BCUT2D eigenvalue weighted by Crippen LogP contribution is -2.47. The topological polar surface area (TPSA) is 75.6 Å². The summed E-state index contributed by atoms with van der Waals surface area (Å²) in [6.45, 7) is 3.42. The van der Waals surface area contributed by atoms with Gasteiger partial charge in [-0.3, -0.25) is 9.59 Å². The number of anilines is 1. The highest BCUT2D eigenvalue weighted by Crippen LogP contribution is 2.36. The van der Waals surface area contributed by atoms with E-state index < -0.39 is 17.5 Å². The Morgan fingerprint density at radius 1 is 1.44 bits per heavy atom. The monoisotopic (exact) mass is 249 g/mol. The number of nitrogens with one attached hydrogen (secondary N) is 1. The van der Waals surface area contributed by atoms with E-state index >= 15 is 0 Å². The molecule has 0 aromatic heterocycles. The van der Waals surface area contributed by atoms with Gasteiger partial charge in [0.05, 0.1) is 12.1 Å². The molecule has 1 aliphatic rings. The number of carbonyl (C=O) groups is 2. The number of benzene rings is 1. The van der Waals surface area contributed by atoms with Gasteiger partial charge in [-0.25, -0.2) is 0 Å². The van der Waals surface area contributed by atoms with Crippen LogP contribution in [-0.4, -0.2) is 23.1 Å². The van der Waals surface area contributed by atoms with Crippen LogP contribution in [0.4, 0.5) is 5.69 Å². The van der Waals surface area contributed by atoms with Gasteiger partial charge >= 0.3 is 5.97 Å². The molecule has 1 aromatic carbocycles. The molecule has 0 saturated heterocycles. The number of aliphatic carboxylic acids is 1. The van der Waals surface area contributed by atoms with Crippen LogP contribution in [0.25, 0.3) is 0 Å². The molecule has 0 spiro atoms. The maximum Gasteiger partial charge on any atom is 0.304 e. The Bertz CT molecular complexity index is 496. The van der Waals surface area contributed by atoms with Gasteiger partial charge in [-0.05, 0) is 12.1 Å². The van der Waals surface area contributed by atoms with E-state index in [-0.39, 0.29) is 12.3 Å². The van der Waals surface area contributed by atoms with Crippen molar-refractivity contribution in [3.63, 3.8) is 0 Å². The molecule has 0 aliphatic carbocycles. The summed E-state index contributed by atoms with van der Waals surface area (Å²) in [5.74, 6) is -0.684. The number of rotatable bonds is 3. The van der Waals surface area contributed by atoms with Gasteiger partial charge in [0.15, 0.2) is 6.10 Å². The fourth-order valence-corrected chi connectivity index (χ4v) is 2.05. The Balaban J connectivity index is 2.27. The molecule has 0 radical (unpaired) electrons. The number of hydrogen-bond acceptors (Lipinski definition) is 3. The Morgan fingerprint density at radius 3 is 2.78 bits per heavy atom. The predicted molar refractivity (Wildman–Crippen MR) is 65.5 cm³/mol. The van der Waals surface area contributed by atoms with E-state index in [0.29, 0.717) is 11.4 Å². The first-order chi connectivity index (χ1) is 8.40. The van der Waals surface area contributed by atoms with E-state index in [4.69, 9.17) is 9.84 Å². The molecule has 1 atom stereocenters. The number of para-hydroxylation sites is 2. The number of carbonyl (C=O) groups excluding carboxylic acids is 1. The van der Waals surface area contributed by atoms with Crippen molar-refractivity contribution in [2.24, 2.45) is 5.41 Å². The van der Waals surface area contributed by atoms with Crippen LogP contribution in [0.3, 0.4) is 0 Å². The second-order valence-corrected chi connectivity index (χ2v) is 5.04. The molecule has 1 amide bonds. The van der Waals surface area contributed by atoms with E-state index in [9.17, 15) is 9.59 Å². The van der Waals surface area contributed by atoms with Crippen LogP contribution in [-0.2, 0) is 9.59 Å². The van der Waals surface area contributed by atoms with Crippen molar-refractivity contribution in [1.29, 1.82) is 0 Å². The minimum atomic E-state index is -0.949. The molecule has 2 N–H and O–H groups in total. The van der Waals surface area contributed by atoms with Crippen molar-refractivity contribution in [2.45, 2.75) is 26.4 Å². The molecule has 2 rings (SSSR count). The van der Waals surface area contributed by atoms with Gasteiger partial charge in [0.2, 0.25) is 0 Å². The largest absolute Gasteiger partial charge is 0.481 e. The van der Waals surface area contributed by atoms with E-state index in [1.165, 1.54) is 0 Å². The molecule has 0 fully saturated rings. The van der Waals surface area contributed by atoms with Crippen LogP contribution in [0, 0.1) is 5.41 Å². The van der Waals surface area contributed by atoms with Gasteiger partial charge in [0.25, 0.3) is 5.91 Å². The molecule has 1 unspecified atom stereocenters. The van der Waals surface area contributed by atoms with Gasteiger partial charge in [-0.15, -0.1) is 0 Å². The van der Waals surface area contributed by atoms with Crippen molar-refractivity contribution in [3.05, 3.63) is 24.3 Å². The van der Waals surface area contributed by atoms with E-state index in [1.54, 1.807) is 38.1 Å². The third-order valence-electron chi connectivity index (χ3n) is 2.94. The zero-order chi connectivity index (χ0) is 13.3. The molecule has 18 heavy (non-hydrogen) atoms. The lowest BCUT2D eigenvalue weighted by molar-refractivity contribution is -0.142. The van der Waals surface area contributed by atoms with Gasteiger partial charge < -0.3 is 15.2 Å². The second-order valence-electron chi connectivity index (χ2n) is 5.04. The smallest absolute Gasteiger partial charge is 0.304 e. The molecule has 5 heteroatoms. The summed E-state index contributed by atoms with van der Waals surface area (Å²) in [4.78, 5) is 22.8. The Morgan fingerprint density at radius 2 is 2.11 bits per heavy atom. The van der Waals surface area contributed by atoms with Crippen molar-refractivity contribution >= 4 is 17.6 Å². The van der Waals surface area contributed by atoms with Crippen molar-refractivity contribution < 1.29 is 19.4 Å². The van der Waals surface area contributed by atoms with Crippen molar-refractivity contribution in [3.8, 4) is 5.75 Å². The fraction of sp³-hybridized carbons (Fsp3) is 0.385. The Hall–Kier alpha value is -2.04. The van der Waals surface area contributed by atoms with E-state index in [1.807, 2.05) is 0 Å². The average Bonchev–Trinajstić information content (AvgIpc) is 2.26. The molecule has 0 bridgehead atoms. The normalized spacial score (nSPS) is 18.6. The summed E-state index contributed by atoms with van der Waals surface area (Å²) in [6.07, 6.45) is -0.934. The minimum absolute atomic E-state index is 0.132. The summed E-state index contributed by atoms with van der Waals surface area (Å²) in [5, 5.41) is 11.6. The molecule has 96 valence electrons. The molecule has 1 aliphatic heterocycles. The summed E-state index contributed by atoms with van der Waals surface area (Å²) in [5.41, 5.74) is -0.159. The van der Waals surface area contributed by atoms with Crippen LogP contribution in [0.15, 0.2) is 24.3 Å². The minimum Gasteiger partial charge on any atom is -0.481 e. The van der Waals surface area contributed by atoms with Crippen LogP contribution in [0.2, 0.25) is 0 Å². The standard InChI is InChI=1S/C13H15NO4/c1-13(2,7-10(15)16)11-12(17)14-8-5-3-4-6-9(8)18-11/h3-6,11H,7H2,1-2H3,(H,14,17)(H,15,16). The van der Waals surface area contributed by atoms with Crippen molar-refractivity contribution in [1.82, 2.24) is 0 Å². The maximum atomic E-state index is 12.0. The summed E-state index contributed by atoms with van der Waals surface area (Å²) < 4.78 is 5.63. The number of carboxylic acids is 1. The highest BCUT2D eigenvalue weighted by molar-refractivity contribution is 5.98. The lowest BCUT2D eigenvalue weighted by atomic mass is 9.82. The molecule has 0 saturated carbocycles. The van der Waals surface area contributed by atoms with E-state index in [2.05, 4.69) is 5.32 Å². The summed E-state index contributed by atoms with van der Waals surface area (Å²) in [6, 6.07) is 7.09. The van der Waals surface area contributed by atoms with Gasteiger partial charge in [-0.2, -0.15) is 0 Å². The fourth-order valence-electron chi connectivity index (χ4n) is 2.05. The lowest BCUT2D eigenvalue weighted by Gasteiger charge is -2.35. The highest BCUT2D eigenvalue weighted by Gasteiger charge is 2.41.